The number of rotatable bonds is 3. The van der Waals surface area contributed by atoms with Gasteiger partial charge in [-0.1, -0.05) is 11.3 Å². The molecule has 2 aliphatic rings. The van der Waals surface area contributed by atoms with Crippen LogP contribution in [0.5, 0.6) is 0 Å². The molecule has 28 heavy (non-hydrogen) atoms. The van der Waals surface area contributed by atoms with E-state index in [1.54, 1.807) is 17.5 Å². The zero-order chi connectivity index (χ0) is 19.1. The third-order valence-electron chi connectivity index (χ3n) is 5.39. The first-order valence-electron chi connectivity index (χ1n) is 9.65. The molecule has 10 heteroatoms. The fraction of sp³-hybridized carbons (Fsp3) is 0.556. The first-order chi connectivity index (χ1) is 13.7. The van der Waals surface area contributed by atoms with Crippen LogP contribution in [0.15, 0.2) is 12.3 Å². The van der Waals surface area contributed by atoms with Gasteiger partial charge in [0.1, 0.15) is 10.5 Å². The molecule has 3 aromatic rings. The molecule has 2 saturated heterocycles. The molecule has 3 aromatic heterocycles. The lowest BCUT2D eigenvalue weighted by atomic mass is 10.2. The number of anilines is 2. The second-order valence-corrected chi connectivity index (χ2v) is 8.38. The van der Waals surface area contributed by atoms with Crippen molar-refractivity contribution < 1.29 is 4.74 Å². The van der Waals surface area contributed by atoms with Crippen LogP contribution in [0.1, 0.15) is 6.92 Å². The highest BCUT2D eigenvalue weighted by Crippen LogP contribution is 2.35. The summed E-state index contributed by atoms with van der Waals surface area (Å²) in [5, 5.41) is 7.95. The zero-order valence-corrected chi connectivity index (χ0v) is 16.9. The number of piperazine rings is 1. The molecule has 2 aliphatic heterocycles. The van der Waals surface area contributed by atoms with Crippen molar-refractivity contribution in [3.05, 3.63) is 12.3 Å². The molecular formula is C18H24N8OS. The van der Waals surface area contributed by atoms with Gasteiger partial charge in [0.2, 0.25) is 5.95 Å². The summed E-state index contributed by atoms with van der Waals surface area (Å²) in [6, 6.07) is 2.19. The molecule has 0 saturated carbocycles. The summed E-state index contributed by atoms with van der Waals surface area (Å²) in [6.45, 7) is 8.31. The van der Waals surface area contributed by atoms with Crippen LogP contribution < -0.4 is 9.80 Å². The SMILES string of the molecule is C[C@@H]1COCCN1c1nc(N2CCN(C)CC2)nc2sc(-c3ccn[nH]3)nc12. The molecule has 2 fully saturated rings. The molecular weight excluding hydrogens is 376 g/mol. The molecule has 0 aromatic carbocycles. The molecule has 0 unspecified atom stereocenters. The van der Waals surface area contributed by atoms with Crippen LogP contribution in [-0.2, 0) is 4.74 Å². The van der Waals surface area contributed by atoms with Gasteiger partial charge in [0, 0.05) is 38.9 Å². The van der Waals surface area contributed by atoms with Crippen LogP contribution in [0.3, 0.4) is 0 Å². The summed E-state index contributed by atoms with van der Waals surface area (Å²) in [5.41, 5.74) is 1.77. The number of nitrogens with zero attached hydrogens (tertiary/aromatic N) is 7. The number of H-pyrrole nitrogens is 1. The first kappa shape index (κ1) is 17.8. The number of nitrogens with one attached hydrogen (secondary N) is 1. The van der Waals surface area contributed by atoms with E-state index in [9.17, 15) is 0 Å². The fourth-order valence-corrected chi connectivity index (χ4v) is 4.58. The predicted molar refractivity (Wildman–Crippen MR) is 110 cm³/mol. The summed E-state index contributed by atoms with van der Waals surface area (Å²) in [5.74, 6) is 1.71. The Kier molecular flexibility index (Phi) is 4.61. The van der Waals surface area contributed by atoms with Crippen LogP contribution in [0, 0.1) is 0 Å². The van der Waals surface area contributed by atoms with Crippen molar-refractivity contribution in [2.24, 2.45) is 0 Å². The lowest BCUT2D eigenvalue weighted by molar-refractivity contribution is 0.0986. The van der Waals surface area contributed by atoms with Gasteiger partial charge in [0.05, 0.1) is 24.9 Å². The molecule has 0 spiro atoms. The number of hydrogen-bond donors (Lipinski definition) is 1. The number of aromatic amines is 1. The lowest BCUT2D eigenvalue weighted by Crippen LogP contribution is -2.46. The van der Waals surface area contributed by atoms with Crippen LogP contribution in [0.25, 0.3) is 21.0 Å². The number of hydrogen-bond acceptors (Lipinski definition) is 9. The zero-order valence-electron chi connectivity index (χ0n) is 16.1. The number of morpholine rings is 1. The summed E-state index contributed by atoms with van der Waals surface area (Å²) in [7, 11) is 2.15. The van der Waals surface area contributed by atoms with Gasteiger partial charge in [0.15, 0.2) is 10.6 Å². The molecule has 9 nitrogen and oxygen atoms in total. The van der Waals surface area contributed by atoms with Crippen molar-refractivity contribution in [2.45, 2.75) is 13.0 Å². The molecule has 0 bridgehead atoms. The lowest BCUT2D eigenvalue weighted by Gasteiger charge is -2.36. The number of ether oxygens (including phenoxy) is 1. The normalized spacial score (nSPS) is 21.6. The Morgan fingerprint density at radius 3 is 2.75 bits per heavy atom. The molecule has 1 N–H and O–H groups in total. The quantitative estimate of drug-likeness (QED) is 0.707. The van der Waals surface area contributed by atoms with Gasteiger partial charge in [-0.3, -0.25) is 5.10 Å². The molecule has 0 radical (unpaired) electrons. The molecule has 148 valence electrons. The monoisotopic (exact) mass is 400 g/mol. The molecule has 5 heterocycles. The van der Waals surface area contributed by atoms with Crippen molar-refractivity contribution >= 4 is 33.5 Å². The number of likely N-dealkylation sites (N-methyl/N-ethyl adjacent to an activating group) is 1. The van der Waals surface area contributed by atoms with Crippen molar-refractivity contribution in [2.75, 3.05) is 62.8 Å². The van der Waals surface area contributed by atoms with Crippen LogP contribution >= 0.6 is 11.3 Å². The molecule has 0 amide bonds. The van der Waals surface area contributed by atoms with Crippen molar-refractivity contribution in [3.63, 3.8) is 0 Å². The summed E-state index contributed by atoms with van der Waals surface area (Å²) >= 11 is 1.58. The van der Waals surface area contributed by atoms with Gasteiger partial charge >= 0.3 is 0 Å². The maximum Gasteiger partial charge on any atom is 0.228 e. The Morgan fingerprint density at radius 1 is 1.14 bits per heavy atom. The van der Waals surface area contributed by atoms with Gasteiger partial charge in [-0.25, -0.2) is 4.98 Å². The third-order valence-corrected chi connectivity index (χ3v) is 6.37. The first-order valence-corrected chi connectivity index (χ1v) is 10.5. The fourth-order valence-electron chi connectivity index (χ4n) is 3.68. The van der Waals surface area contributed by atoms with Crippen molar-refractivity contribution in [1.82, 2.24) is 30.0 Å². The van der Waals surface area contributed by atoms with Crippen molar-refractivity contribution in [1.29, 1.82) is 0 Å². The van der Waals surface area contributed by atoms with E-state index < -0.39 is 0 Å². The minimum absolute atomic E-state index is 0.254. The number of aromatic nitrogens is 5. The summed E-state index contributed by atoms with van der Waals surface area (Å²) in [6.07, 6.45) is 1.74. The molecule has 0 aliphatic carbocycles. The van der Waals surface area contributed by atoms with Gasteiger partial charge in [0.25, 0.3) is 0 Å². The Balaban J connectivity index is 1.61. The molecule has 5 rings (SSSR count). The Hall–Kier alpha value is -2.30. The second-order valence-electron chi connectivity index (χ2n) is 7.40. The highest BCUT2D eigenvalue weighted by molar-refractivity contribution is 7.21. The van der Waals surface area contributed by atoms with Crippen LogP contribution in [0.4, 0.5) is 11.8 Å². The standard InChI is InChI=1S/C18H24N8OS/c1-12-11-27-10-9-26(12)15-14-17(28-16(20-14)13-3-4-19-23-13)22-18(21-15)25-7-5-24(2)6-8-25/h3-4,12H,5-11H2,1-2H3,(H,19,23)/t12-/m1/s1. The predicted octanol–water partition coefficient (Wildman–Crippen LogP) is 1.45. The van der Waals surface area contributed by atoms with E-state index in [0.29, 0.717) is 13.2 Å². The smallest absolute Gasteiger partial charge is 0.228 e. The van der Waals surface area contributed by atoms with E-state index in [1.165, 1.54) is 0 Å². The maximum absolute atomic E-state index is 5.64. The highest BCUT2D eigenvalue weighted by Gasteiger charge is 2.27. The largest absolute Gasteiger partial charge is 0.377 e. The van der Waals surface area contributed by atoms with Gasteiger partial charge < -0.3 is 19.4 Å². The average Bonchev–Trinajstić information content (AvgIpc) is 3.38. The van der Waals surface area contributed by atoms with Gasteiger partial charge in [-0.05, 0) is 20.0 Å². The number of thiazole rings is 1. The topological polar surface area (TPSA) is 86.3 Å². The Bertz CT molecular complexity index is 950. The van der Waals surface area contributed by atoms with E-state index in [0.717, 1.165) is 65.5 Å². The van der Waals surface area contributed by atoms with Crippen molar-refractivity contribution in [3.8, 4) is 10.7 Å². The third kappa shape index (κ3) is 3.21. The second kappa shape index (κ2) is 7.26. The maximum atomic E-state index is 5.64. The van der Waals surface area contributed by atoms with E-state index in [-0.39, 0.29) is 6.04 Å². The summed E-state index contributed by atoms with van der Waals surface area (Å²) in [4.78, 5) is 22.6. The highest BCUT2D eigenvalue weighted by atomic mass is 32.1. The van der Waals surface area contributed by atoms with E-state index in [1.807, 2.05) is 6.07 Å². The Morgan fingerprint density at radius 2 is 2.00 bits per heavy atom. The number of fused-ring (bicyclic) bond motifs is 1. The van der Waals surface area contributed by atoms with Gasteiger partial charge in [-0.15, -0.1) is 0 Å². The van der Waals surface area contributed by atoms with E-state index in [2.05, 4.69) is 38.9 Å². The summed E-state index contributed by atoms with van der Waals surface area (Å²) < 4.78 is 5.64. The van der Waals surface area contributed by atoms with Gasteiger partial charge in [-0.2, -0.15) is 15.1 Å². The average molecular weight is 401 g/mol. The molecule has 1 atom stereocenters. The Labute approximate surface area is 167 Å². The minimum Gasteiger partial charge on any atom is -0.377 e. The van der Waals surface area contributed by atoms with Crippen LogP contribution in [-0.4, -0.2) is 89.1 Å². The van der Waals surface area contributed by atoms with E-state index >= 15 is 0 Å². The minimum atomic E-state index is 0.254. The van der Waals surface area contributed by atoms with E-state index in [4.69, 9.17) is 19.7 Å². The van der Waals surface area contributed by atoms with Crippen LogP contribution in [0.2, 0.25) is 0 Å².